The average molecular weight is 485 g/mol. The van der Waals surface area contributed by atoms with Crippen molar-refractivity contribution in [3.63, 3.8) is 0 Å². The monoisotopic (exact) mass is 485 g/mol. The Hall–Kier alpha value is -4.84. The number of para-hydroxylation sites is 2. The van der Waals surface area contributed by atoms with Gasteiger partial charge in [0.25, 0.3) is 0 Å². The number of rotatable bonds is 7. The lowest BCUT2D eigenvalue weighted by molar-refractivity contribution is -0.385. The third-order valence-electron chi connectivity index (χ3n) is 5.77. The first-order valence-electron chi connectivity index (χ1n) is 11.2. The maximum Gasteiger partial charge on any atom is 0.349 e. The molecule has 1 heterocycles. The molecular formula is C27H23N3O6. The molecule has 1 unspecified atom stereocenters. The van der Waals surface area contributed by atoms with Gasteiger partial charge in [-0.2, -0.15) is 5.26 Å². The molecule has 1 aliphatic rings. The van der Waals surface area contributed by atoms with Crippen molar-refractivity contribution in [3.05, 3.63) is 105 Å². The van der Waals surface area contributed by atoms with E-state index in [0.29, 0.717) is 22.8 Å². The number of allylic oxidation sites excluding steroid dienone is 1. The van der Waals surface area contributed by atoms with E-state index in [0.717, 1.165) is 5.56 Å². The zero-order valence-electron chi connectivity index (χ0n) is 19.6. The van der Waals surface area contributed by atoms with Gasteiger partial charge in [-0.05, 0) is 29.2 Å². The van der Waals surface area contributed by atoms with E-state index in [2.05, 4.69) is 19.9 Å². The number of nitrogens with zero attached hydrogens (tertiary/aromatic N) is 2. The fourth-order valence-electron chi connectivity index (χ4n) is 3.94. The Morgan fingerprint density at radius 3 is 2.56 bits per heavy atom. The molecule has 3 aromatic rings. The van der Waals surface area contributed by atoms with Crippen LogP contribution in [-0.2, 0) is 4.79 Å². The van der Waals surface area contributed by atoms with E-state index < -0.39 is 23.4 Å². The minimum Gasteiger partial charge on any atom is -0.475 e. The topological polar surface area (TPSA) is 138 Å². The summed E-state index contributed by atoms with van der Waals surface area (Å²) in [6.45, 7) is 3.67. The molecule has 0 aliphatic carbocycles. The van der Waals surface area contributed by atoms with E-state index in [-0.39, 0.29) is 23.1 Å². The fourth-order valence-corrected chi connectivity index (χ4v) is 3.94. The van der Waals surface area contributed by atoms with E-state index in [4.69, 9.17) is 19.9 Å². The van der Waals surface area contributed by atoms with Crippen LogP contribution in [0.15, 0.2) is 78.2 Å². The van der Waals surface area contributed by atoms with Crippen molar-refractivity contribution in [2.24, 2.45) is 5.73 Å². The lowest BCUT2D eigenvalue weighted by atomic mass is 9.83. The molecule has 0 bridgehead atoms. The van der Waals surface area contributed by atoms with Crippen molar-refractivity contribution in [2.75, 3.05) is 6.61 Å². The first kappa shape index (κ1) is 24.3. The molecule has 0 saturated carbocycles. The highest BCUT2D eigenvalue weighted by Gasteiger charge is 2.31. The zero-order chi connectivity index (χ0) is 25.8. The van der Waals surface area contributed by atoms with Crippen LogP contribution >= 0.6 is 0 Å². The Labute approximate surface area is 207 Å². The number of fused-ring (bicyclic) bond motifs is 1. The van der Waals surface area contributed by atoms with Crippen molar-refractivity contribution in [3.8, 4) is 23.3 Å². The summed E-state index contributed by atoms with van der Waals surface area (Å²) < 4.78 is 16.3. The van der Waals surface area contributed by atoms with Gasteiger partial charge in [-0.15, -0.1) is 0 Å². The number of benzene rings is 3. The van der Waals surface area contributed by atoms with Gasteiger partial charge in [-0.25, -0.2) is 4.79 Å². The van der Waals surface area contributed by atoms with E-state index in [1.54, 1.807) is 18.2 Å². The van der Waals surface area contributed by atoms with Crippen LogP contribution in [0.25, 0.3) is 0 Å². The smallest absolute Gasteiger partial charge is 0.349 e. The number of nitrogens with two attached hydrogens (primary N) is 1. The Morgan fingerprint density at radius 1 is 1.17 bits per heavy atom. The third kappa shape index (κ3) is 4.98. The average Bonchev–Trinajstić information content (AvgIpc) is 2.86. The van der Waals surface area contributed by atoms with Crippen LogP contribution in [0.4, 0.5) is 5.69 Å². The molecule has 9 nitrogen and oxygen atoms in total. The summed E-state index contributed by atoms with van der Waals surface area (Å²) >= 11 is 0. The van der Waals surface area contributed by atoms with Crippen LogP contribution in [0.3, 0.4) is 0 Å². The summed E-state index contributed by atoms with van der Waals surface area (Å²) in [5.74, 6) is -0.363. The molecule has 0 saturated heterocycles. The Balaban J connectivity index is 1.54. The van der Waals surface area contributed by atoms with Crippen molar-refractivity contribution in [1.29, 1.82) is 5.26 Å². The second kappa shape index (κ2) is 10.2. The van der Waals surface area contributed by atoms with E-state index in [9.17, 15) is 20.2 Å². The third-order valence-corrected chi connectivity index (χ3v) is 5.77. The van der Waals surface area contributed by atoms with Crippen LogP contribution in [0, 0.1) is 21.4 Å². The van der Waals surface area contributed by atoms with Gasteiger partial charge in [0, 0.05) is 17.7 Å². The maximum atomic E-state index is 12.3. The van der Waals surface area contributed by atoms with E-state index >= 15 is 0 Å². The second-order valence-electron chi connectivity index (χ2n) is 8.43. The quantitative estimate of drug-likeness (QED) is 0.215. The Kier molecular flexibility index (Phi) is 6.88. The Bertz CT molecular complexity index is 1390. The summed E-state index contributed by atoms with van der Waals surface area (Å²) in [6.07, 6.45) is 0. The van der Waals surface area contributed by atoms with Gasteiger partial charge in [0.2, 0.25) is 5.88 Å². The summed E-state index contributed by atoms with van der Waals surface area (Å²) in [5, 5.41) is 20.9. The molecule has 0 radical (unpaired) electrons. The lowest BCUT2D eigenvalue weighted by Gasteiger charge is -2.27. The van der Waals surface area contributed by atoms with E-state index in [1.807, 2.05) is 24.3 Å². The van der Waals surface area contributed by atoms with Gasteiger partial charge in [0.1, 0.15) is 23.1 Å². The highest BCUT2D eigenvalue weighted by atomic mass is 16.6. The summed E-state index contributed by atoms with van der Waals surface area (Å²) in [5.41, 5.74) is 8.86. The number of carbonyl (C=O) groups is 1. The molecule has 36 heavy (non-hydrogen) atoms. The zero-order valence-corrected chi connectivity index (χ0v) is 19.6. The fraction of sp³-hybridized carbons (Fsp3) is 0.185. The predicted molar refractivity (Wildman–Crippen MR) is 130 cm³/mol. The van der Waals surface area contributed by atoms with Crippen LogP contribution < -0.4 is 19.9 Å². The van der Waals surface area contributed by atoms with Gasteiger partial charge in [0.15, 0.2) is 12.4 Å². The summed E-state index contributed by atoms with van der Waals surface area (Å²) in [7, 11) is 0. The molecule has 1 aliphatic heterocycles. The molecule has 182 valence electrons. The largest absolute Gasteiger partial charge is 0.475 e. The van der Waals surface area contributed by atoms with Gasteiger partial charge in [-0.1, -0.05) is 56.3 Å². The first-order chi connectivity index (χ1) is 17.3. The van der Waals surface area contributed by atoms with Crippen LogP contribution in [0.2, 0.25) is 0 Å². The number of esters is 1. The molecule has 0 amide bonds. The Morgan fingerprint density at radius 2 is 1.89 bits per heavy atom. The van der Waals surface area contributed by atoms with Crippen LogP contribution in [0.5, 0.6) is 17.2 Å². The number of carbonyl (C=O) groups excluding carboxylic acids is 1. The standard InChI is InChI=1S/C27H23N3O6/c1-16(2)17-7-9-18(10-8-17)26-20-12-11-19(13-24(20)36-27(29)21(26)14-28)35-25(31)15-34-23-6-4-3-5-22(23)30(32)33/h3-13,16,26H,15,29H2,1-2H3. The maximum absolute atomic E-state index is 12.3. The number of hydrogen-bond donors (Lipinski definition) is 1. The highest BCUT2D eigenvalue weighted by molar-refractivity contribution is 5.74. The predicted octanol–water partition coefficient (Wildman–Crippen LogP) is 4.92. The number of nitriles is 1. The summed E-state index contributed by atoms with van der Waals surface area (Å²) in [4.78, 5) is 22.8. The van der Waals surface area contributed by atoms with Gasteiger partial charge >= 0.3 is 11.7 Å². The van der Waals surface area contributed by atoms with Gasteiger partial charge in [0.05, 0.1) is 10.8 Å². The van der Waals surface area contributed by atoms with Crippen molar-refractivity contribution in [1.82, 2.24) is 0 Å². The molecule has 3 aromatic carbocycles. The minimum atomic E-state index is -0.758. The molecule has 0 aromatic heterocycles. The molecular weight excluding hydrogens is 462 g/mol. The van der Waals surface area contributed by atoms with Gasteiger partial charge in [-0.3, -0.25) is 10.1 Å². The van der Waals surface area contributed by atoms with Crippen molar-refractivity contribution >= 4 is 11.7 Å². The molecule has 1 atom stereocenters. The number of nitro groups is 1. The SMILES string of the molecule is CC(C)c1ccc(C2C(C#N)=C(N)Oc3cc(OC(=O)COc4ccccc4[N+](=O)[O-])ccc32)cc1. The normalized spacial score (nSPS) is 14.4. The molecule has 0 spiro atoms. The van der Waals surface area contributed by atoms with Crippen LogP contribution in [0.1, 0.15) is 42.4 Å². The number of ether oxygens (including phenoxy) is 3. The summed E-state index contributed by atoms with van der Waals surface area (Å²) in [6, 6.07) is 20.7. The molecule has 9 heteroatoms. The van der Waals surface area contributed by atoms with E-state index in [1.165, 1.54) is 29.8 Å². The minimum absolute atomic E-state index is 0.0221. The van der Waals surface area contributed by atoms with Crippen molar-refractivity contribution < 1.29 is 23.9 Å². The number of hydrogen-bond acceptors (Lipinski definition) is 8. The lowest BCUT2D eigenvalue weighted by Crippen LogP contribution is -2.22. The highest BCUT2D eigenvalue weighted by Crippen LogP contribution is 2.43. The molecule has 0 fully saturated rings. The van der Waals surface area contributed by atoms with Crippen LogP contribution in [-0.4, -0.2) is 17.5 Å². The first-order valence-corrected chi connectivity index (χ1v) is 11.2. The van der Waals surface area contributed by atoms with Gasteiger partial charge < -0.3 is 19.9 Å². The number of nitro benzene ring substituents is 1. The van der Waals surface area contributed by atoms with Crippen molar-refractivity contribution in [2.45, 2.75) is 25.7 Å². The molecule has 4 rings (SSSR count). The molecule has 2 N–H and O–H groups in total. The second-order valence-corrected chi connectivity index (χ2v) is 8.43.